The number of anilines is 1. The molecule has 0 bridgehead atoms. The molecule has 0 atom stereocenters. The Morgan fingerprint density at radius 3 is 2.67 bits per heavy atom. The van der Waals surface area contributed by atoms with E-state index in [4.69, 9.17) is 4.98 Å². The fourth-order valence-electron chi connectivity index (χ4n) is 3.57. The van der Waals surface area contributed by atoms with Crippen LogP contribution in [0, 0.1) is 6.92 Å². The third-order valence-electron chi connectivity index (χ3n) is 5.08. The standard InChI is InChI=1S/C25H19N3OS/c1-17-12-13-22-23(15-17)30-25(27-22)28(16-19-9-4-5-14-26-19)24(29)21-11-6-8-18-7-2-3-10-20(18)21/h2-15H,16H2,1H3. The van der Waals surface area contributed by atoms with Crippen LogP contribution in [0.15, 0.2) is 85.1 Å². The number of nitrogens with zero attached hydrogens (tertiary/aromatic N) is 3. The molecule has 0 aliphatic rings. The third-order valence-corrected chi connectivity index (χ3v) is 6.12. The quantitative estimate of drug-likeness (QED) is 0.366. The first kappa shape index (κ1) is 18.5. The molecule has 0 unspecified atom stereocenters. The Kier molecular flexibility index (Phi) is 4.73. The van der Waals surface area contributed by atoms with E-state index in [9.17, 15) is 4.79 Å². The van der Waals surface area contributed by atoms with E-state index >= 15 is 0 Å². The molecule has 30 heavy (non-hydrogen) atoms. The summed E-state index contributed by atoms with van der Waals surface area (Å²) in [4.78, 5) is 24.7. The van der Waals surface area contributed by atoms with Crippen LogP contribution in [0.2, 0.25) is 0 Å². The van der Waals surface area contributed by atoms with Crippen molar-refractivity contribution >= 4 is 43.4 Å². The highest BCUT2D eigenvalue weighted by molar-refractivity contribution is 7.22. The lowest BCUT2D eigenvalue weighted by Gasteiger charge is -2.20. The number of amides is 1. The lowest BCUT2D eigenvalue weighted by Crippen LogP contribution is -2.30. The summed E-state index contributed by atoms with van der Waals surface area (Å²) in [5, 5.41) is 2.66. The topological polar surface area (TPSA) is 46.1 Å². The van der Waals surface area contributed by atoms with Crippen LogP contribution in [-0.2, 0) is 6.54 Å². The molecule has 0 saturated heterocycles. The Labute approximate surface area is 178 Å². The molecule has 0 fully saturated rings. The second kappa shape index (κ2) is 7.69. The molecule has 1 amide bonds. The van der Waals surface area contributed by atoms with Crippen molar-refractivity contribution in [2.75, 3.05) is 4.90 Å². The number of aromatic nitrogens is 2. The normalized spacial score (nSPS) is 11.1. The Hall–Kier alpha value is -3.57. The van der Waals surface area contributed by atoms with Crippen LogP contribution in [0.5, 0.6) is 0 Å². The molecule has 2 aromatic heterocycles. The van der Waals surface area contributed by atoms with Crippen LogP contribution in [0.25, 0.3) is 21.0 Å². The summed E-state index contributed by atoms with van der Waals surface area (Å²) >= 11 is 1.53. The average Bonchev–Trinajstić information content (AvgIpc) is 3.20. The summed E-state index contributed by atoms with van der Waals surface area (Å²) in [6.45, 7) is 2.42. The monoisotopic (exact) mass is 409 g/mol. The van der Waals surface area contributed by atoms with Crippen LogP contribution >= 0.6 is 11.3 Å². The predicted molar refractivity (Wildman–Crippen MR) is 123 cm³/mol. The SMILES string of the molecule is Cc1ccc2nc(N(Cc3ccccn3)C(=O)c3cccc4ccccc34)sc2c1. The number of benzene rings is 3. The number of hydrogen-bond acceptors (Lipinski definition) is 4. The Morgan fingerprint density at radius 2 is 1.80 bits per heavy atom. The number of fused-ring (bicyclic) bond motifs is 2. The van der Waals surface area contributed by atoms with Gasteiger partial charge in [-0.05, 0) is 53.6 Å². The summed E-state index contributed by atoms with van der Waals surface area (Å²) in [6.07, 6.45) is 1.75. The molecule has 146 valence electrons. The highest BCUT2D eigenvalue weighted by Crippen LogP contribution is 2.32. The van der Waals surface area contributed by atoms with E-state index in [1.807, 2.05) is 72.8 Å². The molecule has 2 heterocycles. The second-order valence-electron chi connectivity index (χ2n) is 7.21. The van der Waals surface area contributed by atoms with Crippen LogP contribution in [-0.4, -0.2) is 15.9 Å². The van der Waals surface area contributed by atoms with Crippen molar-refractivity contribution in [3.8, 4) is 0 Å². The Morgan fingerprint density at radius 1 is 0.967 bits per heavy atom. The number of carbonyl (C=O) groups is 1. The van der Waals surface area contributed by atoms with Crippen LogP contribution in [0.4, 0.5) is 5.13 Å². The van der Waals surface area contributed by atoms with Crippen molar-refractivity contribution in [3.63, 3.8) is 0 Å². The number of hydrogen-bond donors (Lipinski definition) is 0. The molecule has 0 saturated carbocycles. The van der Waals surface area contributed by atoms with Crippen LogP contribution < -0.4 is 4.90 Å². The van der Waals surface area contributed by atoms with Gasteiger partial charge in [0.25, 0.3) is 5.91 Å². The molecular formula is C25H19N3OS. The summed E-state index contributed by atoms with van der Waals surface area (Å²) in [5.74, 6) is -0.0757. The maximum Gasteiger partial charge on any atom is 0.261 e. The highest BCUT2D eigenvalue weighted by Gasteiger charge is 2.23. The molecule has 0 N–H and O–H groups in total. The number of carbonyl (C=O) groups excluding carboxylic acids is 1. The molecular weight excluding hydrogens is 390 g/mol. The second-order valence-corrected chi connectivity index (χ2v) is 8.22. The average molecular weight is 410 g/mol. The zero-order chi connectivity index (χ0) is 20.5. The van der Waals surface area contributed by atoms with E-state index in [0.717, 1.165) is 26.7 Å². The summed E-state index contributed by atoms with van der Waals surface area (Å²) in [7, 11) is 0. The van der Waals surface area contributed by atoms with Crippen molar-refractivity contribution in [1.29, 1.82) is 0 Å². The minimum absolute atomic E-state index is 0.0757. The molecule has 0 radical (unpaired) electrons. The fourth-order valence-corrected chi connectivity index (χ4v) is 4.63. The van der Waals surface area contributed by atoms with Gasteiger partial charge in [-0.2, -0.15) is 0 Å². The number of aryl methyl sites for hydroxylation is 1. The molecule has 0 aliphatic heterocycles. The van der Waals surface area contributed by atoms with E-state index < -0.39 is 0 Å². The van der Waals surface area contributed by atoms with Crippen molar-refractivity contribution in [2.24, 2.45) is 0 Å². The number of thiazole rings is 1. The minimum Gasteiger partial charge on any atom is -0.278 e. The Balaban J connectivity index is 1.63. The van der Waals surface area contributed by atoms with E-state index in [-0.39, 0.29) is 5.91 Å². The lowest BCUT2D eigenvalue weighted by molar-refractivity contribution is 0.0986. The fraction of sp³-hybridized carbons (Fsp3) is 0.0800. The predicted octanol–water partition coefficient (Wildman–Crippen LogP) is 6.00. The third kappa shape index (κ3) is 3.44. The zero-order valence-electron chi connectivity index (χ0n) is 16.4. The van der Waals surface area contributed by atoms with Crippen molar-refractivity contribution in [1.82, 2.24) is 9.97 Å². The van der Waals surface area contributed by atoms with Gasteiger partial charge in [0.15, 0.2) is 5.13 Å². The number of rotatable bonds is 4. The molecule has 0 spiro atoms. The van der Waals surface area contributed by atoms with Gasteiger partial charge >= 0.3 is 0 Å². The summed E-state index contributed by atoms with van der Waals surface area (Å²) in [6, 6.07) is 25.7. The highest BCUT2D eigenvalue weighted by atomic mass is 32.1. The van der Waals surface area contributed by atoms with Gasteiger partial charge in [-0.1, -0.05) is 59.9 Å². The van der Waals surface area contributed by atoms with Crippen molar-refractivity contribution in [2.45, 2.75) is 13.5 Å². The molecule has 5 rings (SSSR count). The largest absolute Gasteiger partial charge is 0.278 e. The summed E-state index contributed by atoms with van der Waals surface area (Å²) < 4.78 is 1.07. The number of pyridine rings is 1. The van der Waals surface area contributed by atoms with E-state index in [1.54, 1.807) is 11.1 Å². The van der Waals surface area contributed by atoms with Gasteiger partial charge in [0.1, 0.15) is 0 Å². The lowest BCUT2D eigenvalue weighted by atomic mass is 10.0. The van der Waals surface area contributed by atoms with Crippen molar-refractivity contribution < 1.29 is 4.79 Å². The molecule has 0 aliphatic carbocycles. The summed E-state index contributed by atoms with van der Waals surface area (Å²) in [5.41, 5.74) is 3.56. The molecule has 5 heteroatoms. The first-order chi connectivity index (χ1) is 14.7. The van der Waals surface area contributed by atoms with Gasteiger partial charge in [-0.3, -0.25) is 14.7 Å². The van der Waals surface area contributed by atoms with Gasteiger partial charge in [0, 0.05) is 11.8 Å². The maximum absolute atomic E-state index is 13.8. The first-order valence-electron chi connectivity index (χ1n) is 9.76. The first-order valence-corrected chi connectivity index (χ1v) is 10.6. The minimum atomic E-state index is -0.0757. The van der Waals surface area contributed by atoms with E-state index in [2.05, 4.69) is 18.0 Å². The van der Waals surface area contributed by atoms with E-state index in [0.29, 0.717) is 17.2 Å². The van der Waals surface area contributed by atoms with Gasteiger partial charge in [-0.25, -0.2) is 4.98 Å². The molecule has 4 nitrogen and oxygen atoms in total. The Bertz CT molecular complexity index is 1360. The van der Waals surface area contributed by atoms with Gasteiger partial charge in [0.2, 0.25) is 0 Å². The molecule has 3 aromatic carbocycles. The smallest absolute Gasteiger partial charge is 0.261 e. The molecule has 5 aromatic rings. The van der Waals surface area contributed by atoms with E-state index in [1.165, 1.54) is 16.9 Å². The van der Waals surface area contributed by atoms with Gasteiger partial charge in [0.05, 0.1) is 22.5 Å². The van der Waals surface area contributed by atoms with Crippen LogP contribution in [0.3, 0.4) is 0 Å². The zero-order valence-corrected chi connectivity index (χ0v) is 17.3. The maximum atomic E-state index is 13.8. The van der Waals surface area contributed by atoms with Crippen molar-refractivity contribution in [3.05, 3.63) is 102 Å². The van der Waals surface area contributed by atoms with Gasteiger partial charge < -0.3 is 0 Å². The van der Waals surface area contributed by atoms with Crippen LogP contribution in [0.1, 0.15) is 21.6 Å². The van der Waals surface area contributed by atoms with Gasteiger partial charge in [-0.15, -0.1) is 0 Å².